The van der Waals surface area contributed by atoms with E-state index in [0.717, 1.165) is 35.7 Å². The van der Waals surface area contributed by atoms with Gasteiger partial charge in [0.15, 0.2) is 0 Å². The maximum Gasteiger partial charge on any atom is 0.303 e. The highest BCUT2D eigenvalue weighted by Crippen LogP contribution is 2.14. The number of aryl methyl sites for hydroxylation is 1. The van der Waals surface area contributed by atoms with Crippen molar-refractivity contribution in [2.45, 2.75) is 89.7 Å². The number of aliphatic carboxylic acids is 1. The lowest BCUT2D eigenvalue weighted by Crippen LogP contribution is -2.59. The van der Waals surface area contributed by atoms with Crippen molar-refractivity contribution >= 4 is 35.5 Å². The summed E-state index contributed by atoms with van der Waals surface area (Å²) in [5.74, 6) is -4.60. The van der Waals surface area contributed by atoms with E-state index >= 15 is 0 Å². The number of hydrogen-bond donors (Lipinski definition) is 7. The number of benzene rings is 2. The summed E-state index contributed by atoms with van der Waals surface area (Å²) in [6.45, 7) is 5.92. The number of hydrogen-bond acceptors (Lipinski definition) is 8. The maximum atomic E-state index is 14.0. The molecule has 8 N–H and O–H groups in total. The van der Waals surface area contributed by atoms with Gasteiger partial charge in [-0.05, 0) is 72.4 Å². The van der Waals surface area contributed by atoms with E-state index < -0.39 is 71.5 Å². The van der Waals surface area contributed by atoms with Gasteiger partial charge in [-0.25, -0.2) is 8.78 Å². The molecule has 0 spiro atoms. The van der Waals surface area contributed by atoms with Crippen molar-refractivity contribution in [3.8, 4) is 0 Å². The summed E-state index contributed by atoms with van der Waals surface area (Å²) in [5.41, 5.74) is 8.21. The molecule has 5 atom stereocenters. The summed E-state index contributed by atoms with van der Waals surface area (Å²) >= 11 is 1.45. The predicted molar refractivity (Wildman–Crippen MR) is 182 cm³/mol. The van der Waals surface area contributed by atoms with Crippen LogP contribution in [0.15, 0.2) is 42.5 Å². The monoisotopic (exact) mass is 693 g/mol. The van der Waals surface area contributed by atoms with Gasteiger partial charge in [-0.15, -0.1) is 0 Å². The summed E-state index contributed by atoms with van der Waals surface area (Å²) in [5, 5.41) is 31.3. The van der Waals surface area contributed by atoms with Gasteiger partial charge in [0.25, 0.3) is 0 Å². The number of aliphatic hydroxyl groups is 1. The second-order valence-corrected chi connectivity index (χ2v) is 13.1. The van der Waals surface area contributed by atoms with E-state index in [9.17, 15) is 33.1 Å². The SMILES string of the molecule is CCc1cccc(CNC[C@H](O)[C@@H](Cc2cc(F)cc(F)c2)NC(=O)[C@@H](CCSC)NC(=O)[C@H](NC(=O)[C@@H](N)CCC(=O)O)C(C)C)c1. The third-order valence-corrected chi connectivity index (χ3v) is 8.39. The Bertz CT molecular complexity index is 1350. The molecule has 0 saturated carbocycles. The highest BCUT2D eigenvalue weighted by atomic mass is 32.2. The van der Waals surface area contributed by atoms with E-state index in [0.29, 0.717) is 12.3 Å². The molecule has 0 aromatic heterocycles. The molecule has 11 nitrogen and oxygen atoms in total. The minimum absolute atomic E-state index is 0.0462. The molecule has 0 unspecified atom stereocenters. The summed E-state index contributed by atoms with van der Waals surface area (Å²) < 4.78 is 28.1. The first-order chi connectivity index (χ1) is 22.7. The number of carboxylic acid groups (broad SMARTS) is 1. The molecule has 0 saturated heterocycles. The van der Waals surface area contributed by atoms with Gasteiger partial charge in [-0.3, -0.25) is 19.2 Å². The fourth-order valence-corrected chi connectivity index (χ4v) is 5.46. The Kier molecular flexibility index (Phi) is 17.5. The van der Waals surface area contributed by atoms with Crippen molar-refractivity contribution in [3.05, 3.63) is 70.8 Å². The van der Waals surface area contributed by atoms with Crippen molar-refractivity contribution in [1.29, 1.82) is 0 Å². The van der Waals surface area contributed by atoms with Gasteiger partial charge >= 0.3 is 5.97 Å². The van der Waals surface area contributed by atoms with Crippen LogP contribution in [0.2, 0.25) is 0 Å². The predicted octanol–water partition coefficient (Wildman–Crippen LogP) is 2.28. The molecule has 2 aromatic rings. The maximum absolute atomic E-state index is 14.0. The van der Waals surface area contributed by atoms with Crippen LogP contribution in [0.3, 0.4) is 0 Å². The molecule has 266 valence electrons. The smallest absolute Gasteiger partial charge is 0.303 e. The first kappa shape index (κ1) is 40.6. The molecule has 14 heteroatoms. The van der Waals surface area contributed by atoms with Crippen LogP contribution in [0.1, 0.15) is 56.7 Å². The Morgan fingerprint density at radius 2 is 1.56 bits per heavy atom. The standard InChI is InChI=1S/C34H49F2N5O6S/c1-5-21-7-6-8-22(13-21)18-38-19-29(42)28(16-23-14-24(35)17-25(36)15-23)40-33(46)27(11-12-48-4)39-34(47)31(20(2)3)41-32(45)26(37)9-10-30(43)44/h6-8,13-15,17,20,26-29,31,38,42H,5,9-12,16,18-19,37H2,1-4H3,(H,39,47)(H,40,46)(H,41,45)(H,43,44)/t26-,27+,28+,29-,31+/m0/s1. The molecule has 0 aliphatic carbocycles. The van der Waals surface area contributed by atoms with E-state index in [1.54, 1.807) is 13.8 Å². The number of carbonyl (C=O) groups is 4. The number of carbonyl (C=O) groups excluding carboxylic acids is 3. The summed E-state index contributed by atoms with van der Waals surface area (Å²) in [7, 11) is 0. The fourth-order valence-electron chi connectivity index (χ4n) is 4.99. The first-order valence-corrected chi connectivity index (χ1v) is 17.4. The van der Waals surface area contributed by atoms with Crippen LogP contribution in [0, 0.1) is 17.6 Å². The number of aliphatic hydroxyl groups excluding tert-OH is 1. The molecule has 0 bridgehead atoms. The normalized spacial score (nSPS) is 14.4. The number of nitrogens with two attached hydrogens (primary N) is 1. The zero-order valence-electron chi connectivity index (χ0n) is 27.9. The summed E-state index contributed by atoms with van der Waals surface area (Å²) in [4.78, 5) is 50.6. The van der Waals surface area contributed by atoms with Gasteiger partial charge in [0.2, 0.25) is 17.7 Å². The quantitative estimate of drug-likeness (QED) is 0.103. The third-order valence-electron chi connectivity index (χ3n) is 7.75. The lowest BCUT2D eigenvalue weighted by Gasteiger charge is -2.29. The molecule has 0 fully saturated rings. The first-order valence-electron chi connectivity index (χ1n) is 16.0. The van der Waals surface area contributed by atoms with Gasteiger partial charge in [0, 0.05) is 25.6 Å². The number of amides is 3. The molecule has 0 aliphatic heterocycles. The Balaban J connectivity index is 2.22. The molecular weight excluding hydrogens is 644 g/mol. The Morgan fingerprint density at radius 3 is 2.17 bits per heavy atom. The van der Waals surface area contributed by atoms with Crippen LogP contribution in [0.4, 0.5) is 8.78 Å². The Morgan fingerprint density at radius 1 is 0.896 bits per heavy atom. The molecule has 0 aliphatic rings. The molecule has 48 heavy (non-hydrogen) atoms. The Labute approximate surface area is 285 Å². The molecule has 2 aromatic carbocycles. The lowest BCUT2D eigenvalue weighted by atomic mass is 9.99. The van der Waals surface area contributed by atoms with Crippen molar-refractivity contribution in [3.63, 3.8) is 0 Å². The highest BCUT2D eigenvalue weighted by Gasteiger charge is 2.32. The second kappa shape index (κ2) is 20.7. The number of halogens is 2. The fraction of sp³-hybridized carbons (Fsp3) is 0.529. The van der Waals surface area contributed by atoms with Gasteiger partial charge < -0.3 is 37.2 Å². The van der Waals surface area contributed by atoms with E-state index in [-0.39, 0.29) is 37.8 Å². The zero-order valence-corrected chi connectivity index (χ0v) is 28.7. The molecule has 0 heterocycles. The summed E-state index contributed by atoms with van der Waals surface area (Å²) in [6.07, 6.45) is 1.19. The average Bonchev–Trinajstić information content (AvgIpc) is 3.03. The molecule has 2 rings (SSSR count). The van der Waals surface area contributed by atoms with E-state index in [4.69, 9.17) is 10.8 Å². The van der Waals surface area contributed by atoms with Gasteiger partial charge in [0.05, 0.1) is 18.2 Å². The minimum atomic E-state index is -1.18. The van der Waals surface area contributed by atoms with Crippen molar-refractivity contribution in [2.24, 2.45) is 11.7 Å². The van der Waals surface area contributed by atoms with E-state index in [2.05, 4.69) is 21.3 Å². The van der Waals surface area contributed by atoms with Crippen molar-refractivity contribution in [2.75, 3.05) is 18.6 Å². The molecule has 0 radical (unpaired) electrons. The Hall–Kier alpha value is -3.59. The van der Waals surface area contributed by atoms with Crippen molar-refractivity contribution in [1.82, 2.24) is 21.3 Å². The number of carboxylic acids is 1. The number of thioether (sulfide) groups is 1. The van der Waals surface area contributed by atoms with Gasteiger partial charge in [0.1, 0.15) is 23.7 Å². The van der Waals surface area contributed by atoms with Crippen LogP contribution >= 0.6 is 11.8 Å². The number of nitrogens with one attached hydrogen (secondary N) is 4. The van der Waals surface area contributed by atoms with E-state index in [1.807, 2.05) is 37.4 Å². The van der Waals surface area contributed by atoms with Gasteiger partial charge in [-0.1, -0.05) is 45.0 Å². The molecular formula is C34H49F2N5O6S. The molecule has 3 amide bonds. The summed E-state index contributed by atoms with van der Waals surface area (Å²) in [6, 6.07) is 6.65. The van der Waals surface area contributed by atoms with Crippen molar-refractivity contribution < 1.29 is 38.2 Å². The van der Waals surface area contributed by atoms with Crippen LogP contribution in [-0.4, -0.2) is 82.7 Å². The van der Waals surface area contributed by atoms with Crippen LogP contribution in [0.5, 0.6) is 0 Å². The van der Waals surface area contributed by atoms with Crippen LogP contribution in [-0.2, 0) is 38.6 Å². The third kappa shape index (κ3) is 14.3. The van der Waals surface area contributed by atoms with Crippen LogP contribution in [0.25, 0.3) is 0 Å². The zero-order chi connectivity index (χ0) is 35.8. The topological polar surface area (TPSA) is 183 Å². The largest absolute Gasteiger partial charge is 0.481 e. The second-order valence-electron chi connectivity index (χ2n) is 12.1. The minimum Gasteiger partial charge on any atom is -0.481 e. The lowest BCUT2D eigenvalue weighted by molar-refractivity contribution is -0.137. The van der Waals surface area contributed by atoms with Gasteiger partial charge in [-0.2, -0.15) is 11.8 Å². The van der Waals surface area contributed by atoms with E-state index in [1.165, 1.54) is 11.8 Å². The number of rotatable bonds is 21. The average molecular weight is 694 g/mol. The highest BCUT2D eigenvalue weighted by molar-refractivity contribution is 7.98. The van der Waals surface area contributed by atoms with Crippen LogP contribution < -0.4 is 27.0 Å².